The minimum atomic E-state index is -0.628. The fourth-order valence-corrected chi connectivity index (χ4v) is 0.896. The predicted molar refractivity (Wildman–Crippen MR) is 49.9 cm³/mol. The van der Waals surface area contributed by atoms with Crippen LogP contribution in [0.3, 0.4) is 0 Å². The molecule has 2 N–H and O–H groups in total. The molecule has 0 bridgehead atoms. The van der Waals surface area contributed by atoms with Gasteiger partial charge in [0, 0.05) is 5.56 Å². The predicted octanol–water partition coefficient (Wildman–Crippen LogP) is 2.11. The average molecular weight is 254 g/mol. The van der Waals surface area contributed by atoms with Gasteiger partial charge < -0.3 is 5.73 Å². The van der Waals surface area contributed by atoms with Gasteiger partial charge in [-0.25, -0.2) is 4.39 Å². The molecule has 0 saturated carbocycles. The first kappa shape index (κ1) is 11.4. The van der Waals surface area contributed by atoms with Gasteiger partial charge in [0.2, 0.25) is 5.91 Å². The minimum Gasteiger partial charge on any atom is -0.366 e. The Morgan fingerprint density at radius 3 is 2.50 bits per heavy atom. The molecule has 2 nitrogen and oxygen atoms in total. The summed E-state index contributed by atoms with van der Waals surface area (Å²) in [5.41, 5.74) is 5.08. The molecule has 0 aromatic heterocycles. The Morgan fingerprint density at radius 2 is 2.08 bits per heavy atom. The number of nitrogens with two attached hydrogens (primary N) is 1. The molecule has 0 aliphatic heterocycles. The number of benzene rings is 1. The maximum absolute atomic E-state index is 12.7. The van der Waals surface area contributed by atoms with Crippen molar-refractivity contribution in [2.75, 3.05) is 0 Å². The third-order valence-corrected chi connectivity index (χ3v) is 1.85. The highest BCUT2D eigenvalue weighted by Crippen LogP contribution is 2.15. The quantitative estimate of drug-likeness (QED) is 0.819. The van der Waals surface area contributed by atoms with E-state index in [0.29, 0.717) is 4.47 Å². The highest BCUT2D eigenvalue weighted by atomic mass is 79.9. The van der Waals surface area contributed by atoms with Crippen LogP contribution in [0.4, 0.5) is 4.39 Å². The van der Waals surface area contributed by atoms with Gasteiger partial charge in [0.25, 0.3) is 0 Å². The van der Waals surface area contributed by atoms with E-state index in [0.717, 1.165) is 6.07 Å². The van der Waals surface area contributed by atoms with Crippen molar-refractivity contribution in [3.05, 3.63) is 34.1 Å². The summed E-state index contributed by atoms with van der Waals surface area (Å²) in [7, 11) is 0. The number of rotatable bonds is 1. The van der Waals surface area contributed by atoms with Gasteiger partial charge in [-0.05, 0) is 34.1 Å². The summed E-state index contributed by atoms with van der Waals surface area (Å²) in [4.78, 5) is 10.5. The summed E-state index contributed by atoms with van der Waals surface area (Å²) in [6.45, 7) is 0. The smallest absolute Gasteiger partial charge is 0.248 e. The second-order valence-corrected chi connectivity index (χ2v) is 2.85. The van der Waals surface area contributed by atoms with Crippen LogP contribution in [0, 0.1) is 5.82 Å². The average Bonchev–Trinajstić information content (AvgIpc) is 1.94. The Hall–Kier alpha value is -0.610. The van der Waals surface area contributed by atoms with E-state index in [-0.39, 0.29) is 18.0 Å². The Kier molecular flexibility index (Phi) is 4.20. The van der Waals surface area contributed by atoms with E-state index in [2.05, 4.69) is 15.9 Å². The van der Waals surface area contributed by atoms with E-state index in [1.165, 1.54) is 12.1 Å². The van der Waals surface area contributed by atoms with Crippen LogP contribution in [0.15, 0.2) is 22.7 Å². The monoisotopic (exact) mass is 253 g/mol. The second kappa shape index (κ2) is 4.42. The maximum Gasteiger partial charge on any atom is 0.248 e. The summed E-state index contributed by atoms with van der Waals surface area (Å²) in [6.07, 6.45) is 0. The summed E-state index contributed by atoms with van der Waals surface area (Å²) < 4.78 is 13.0. The van der Waals surface area contributed by atoms with Gasteiger partial charge in [0.1, 0.15) is 5.82 Å². The van der Waals surface area contributed by atoms with Gasteiger partial charge in [-0.1, -0.05) is 0 Å². The molecule has 0 saturated heterocycles. The van der Waals surface area contributed by atoms with Gasteiger partial charge in [-0.3, -0.25) is 4.79 Å². The summed E-state index contributed by atoms with van der Waals surface area (Å²) >= 11 is 2.95. The van der Waals surface area contributed by atoms with Crippen LogP contribution in [0.2, 0.25) is 0 Å². The van der Waals surface area contributed by atoms with Gasteiger partial charge in [-0.15, -0.1) is 12.4 Å². The van der Waals surface area contributed by atoms with Crippen LogP contribution in [0.5, 0.6) is 0 Å². The van der Waals surface area contributed by atoms with Crippen molar-refractivity contribution in [1.29, 1.82) is 0 Å². The van der Waals surface area contributed by atoms with E-state index in [1.807, 2.05) is 0 Å². The van der Waals surface area contributed by atoms with Gasteiger partial charge >= 0.3 is 0 Å². The van der Waals surface area contributed by atoms with Crippen molar-refractivity contribution in [2.24, 2.45) is 5.73 Å². The van der Waals surface area contributed by atoms with Crippen LogP contribution in [-0.4, -0.2) is 5.91 Å². The third kappa shape index (κ3) is 2.46. The molecular formula is C7H6BrClFNO. The topological polar surface area (TPSA) is 43.1 Å². The Morgan fingerprint density at radius 1 is 1.50 bits per heavy atom. The molecule has 0 aliphatic rings. The molecule has 0 aliphatic carbocycles. The van der Waals surface area contributed by atoms with Crippen LogP contribution >= 0.6 is 28.3 Å². The lowest BCUT2D eigenvalue weighted by Gasteiger charge is -1.96. The molecule has 1 aromatic carbocycles. The Labute approximate surface area is 83.5 Å². The van der Waals surface area contributed by atoms with Crippen LogP contribution < -0.4 is 5.73 Å². The highest BCUT2D eigenvalue weighted by Gasteiger charge is 2.03. The Balaban J connectivity index is 0.00000121. The van der Waals surface area contributed by atoms with E-state index < -0.39 is 11.7 Å². The molecule has 12 heavy (non-hydrogen) atoms. The maximum atomic E-state index is 12.7. The first-order valence-electron chi connectivity index (χ1n) is 2.86. The molecule has 1 rings (SSSR count). The van der Waals surface area contributed by atoms with Crippen LogP contribution in [0.1, 0.15) is 10.4 Å². The first-order chi connectivity index (χ1) is 5.11. The van der Waals surface area contributed by atoms with E-state index in [1.54, 1.807) is 0 Å². The zero-order valence-electron chi connectivity index (χ0n) is 5.88. The number of hydrogen-bond acceptors (Lipinski definition) is 1. The molecule has 0 spiro atoms. The molecule has 0 unspecified atom stereocenters. The van der Waals surface area contributed by atoms with Crippen LogP contribution in [0.25, 0.3) is 0 Å². The summed E-state index contributed by atoms with van der Waals surface area (Å²) in [5, 5.41) is 0. The molecule has 1 aromatic rings. The molecule has 0 atom stereocenters. The van der Waals surface area contributed by atoms with E-state index >= 15 is 0 Å². The molecule has 66 valence electrons. The lowest BCUT2D eigenvalue weighted by molar-refractivity contribution is 0.1000. The van der Waals surface area contributed by atoms with Crippen LogP contribution in [-0.2, 0) is 0 Å². The number of halogens is 3. The molecular weight excluding hydrogens is 248 g/mol. The number of hydrogen-bond donors (Lipinski definition) is 1. The fraction of sp³-hybridized carbons (Fsp3) is 0. The third-order valence-electron chi connectivity index (χ3n) is 1.20. The van der Waals surface area contributed by atoms with Crippen molar-refractivity contribution in [3.63, 3.8) is 0 Å². The fourth-order valence-electron chi connectivity index (χ4n) is 0.649. The van der Waals surface area contributed by atoms with Crippen molar-refractivity contribution < 1.29 is 9.18 Å². The van der Waals surface area contributed by atoms with Crippen molar-refractivity contribution in [3.8, 4) is 0 Å². The largest absolute Gasteiger partial charge is 0.366 e. The number of carbonyl (C=O) groups is 1. The lowest BCUT2D eigenvalue weighted by atomic mass is 10.2. The minimum absolute atomic E-state index is 0. The highest BCUT2D eigenvalue weighted by molar-refractivity contribution is 9.10. The molecule has 0 fully saturated rings. The van der Waals surface area contributed by atoms with Gasteiger partial charge in [0.15, 0.2) is 0 Å². The Bertz CT molecular complexity index is 305. The zero-order chi connectivity index (χ0) is 8.43. The number of primary amides is 1. The second-order valence-electron chi connectivity index (χ2n) is 1.99. The number of carbonyl (C=O) groups excluding carboxylic acids is 1. The zero-order valence-corrected chi connectivity index (χ0v) is 8.28. The van der Waals surface area contributed by atoms with Crippen molar-refractivity contribution in [1.82, 2.24) is 0 Å². The molecule has 5 heteroatoms. The van der Waals surface area contributed by atoms with E-state index in [4.69, 9.17) is 5.73 Å². The first-order valence-corrected chi connectivity index (χ1v) is 3.65. The molecule has 1 amide bonds. The SMILES string of the molecule is Cl.NC(=O)c1ccc(Br)c(F)c1. The summed E-state index contributed by atoms with van der Waals surface area (Å²) in [5.74, 6) is -1.11. The van der Waals surface area contributed by atoms with E-state index in [9.17, 15) is 9.18 Å². The van der Waals surface area contributed by atoms with Gasteiger partial charge in [-0.2, -0.15) is 0 Å². The van der Waals surface area contributed by atoms with Crippen molar-refractivity contribution >= 4 is 34.2 Å². The normalized spacial score (nSPS) is 8.83. The van der Waals surface area contributed by atoms with Crippen molar-refractivity contribution in [2.45, 2.75) is 0 Å². The molecule has 0 radical (unpaired) electrons. The molecule has 0 heterocycles. The van der Waals surface area contributed by atoms with Gasteiger partial charge in [0.05, 0.1) is 4.47 Å². The lowest BCUT2D eigenvalue weighted by Crippen LogP contribution is -2.10. The standard InChI is InChI=1S/C7H5BrFNO.ClH/c8-5-2-1-4(7(10)11)3-6(5)9;/h1-3H,(H2,10,11);1H. The number of amides is 1. The summed E-state index contributed by atoms with van der Waals surface area (Å²) in [6, 6.07) is 3.98.